The van der Waals surface area contributed by atoms with Gasteiger partial charge in [0.25, 0.3) is 0 Å². The molecule has 16 heavy (non-hydrogen) atoms. The lowest BCUT2D eigenvalue weighted by Gasteiger charge is -2.46. The van der Waals surface area contributed by atoms with E-state index in [1.165, 1.54) is 12.8 Å². The molecule has 2 nitrogen and oxygen atoms in total. The standard InChI is InChI=1S/C14H29NO/c1-6-11-8-9-13(16)12(10-11)15(5)14(3,4)7-2/h11-13,16H,6-10H2,1-5H3. The first kappa shape index (κ1) is 14.0. The lowest BCUT2D eigenvalue weighted by Crippen LogP contribution is -2.53. The van der Waals surface area contributed by atoms with E-state index in [1.807, 2.05) is 0 Å². The van der Waals surface area contributed by atoms with Gasteiger partial charge in [-0.1, -0.05) is 20.3 Å². The zero-order chi connectivity index (χ0) is 12.3. The molecule has 0 aromatic carbocycles. The van der Waals surface area contributed by atoms with Crippen molar-refractivity contribution < 1.29 is 5.11 Å². The normalized spacial score (nSPS) is 32.1. The number of nitrogens with zero attached hydrogens (tertiary/aromatic N) is 1. The fourth-order valence-electron chi connectivity index (χ4n) is 2.70. The van der Waals surface area contributed by atoms with Crippen LogP contribution in [0.4, 0.5) is 0 Å². The highest BCUT2D eigenvalue weighted by molar-refractivity contribution is 4.91. The van der Waals surface area contributed by atoms with Crippen molar-refractivity contribution in [3.63, 3.8) is 0 Å². The third-order valence-electron chi connectivity index (χ3n) is 4.78. The molecule has 0 saturated heterocycles. The molecule has 0 radical (unpaired) electrons. The summed E-state index contributed by atoms with van der Waals surface area (Å²) in [5.41, 5.74) is 0.196. The molecule has 3 unspecified atom stereocenters. The molecule has 0 aromatic rings. The first-order chi connectivity index (χ1) is 7.42. The van der Waals surface area contributed by atoms with Crippen LogP contribution in [0.2, 0.25) is 0 Å². The summed E-state index contributed by atoms with van der Waals surface area (Å²) in [5, 5.41) is 10.2. The molecular formula is C14H29NO. The van der Waals surface area contributed by atoms with Crippen molar-refractivity contribution >= 4 is 0 Å². The maximum Gasteiger partial charge on any atom is 0.0695 e. The lowest BCUT2D eigenvalue weighted by molar-refractivity contribution is -0.0278. The Morgan fingerprint density at radius 2 is 1.88 bits per heavy atom. The smallest absolute Gasteiger partial charge is 0.0695 e. The predicted molar refractivity (Wildman–Crippen MR) is 69.6 cm³/mol. The van der Waals surface area contributed by atoms with Gasteiger partial charge in [-0.15, -0.1) is 0 Å². The summed E-state index contributed by atoms with van der Waals surface area (Å²) in [6.07, 6.45) is 5.60. The second kappa shape index (κ2) is 5.50. The molecule has 1 aliphatic carbocycles. The average molecular weight is 227 g/mol. The van der Waals surface area contributed by atoms with Gasteiger partial charge in [-0.25, -0.2) is 0 Å². The van der Waals surface area contributed by atoms with Crippen LogP contribution in [0.3, 0.4) is 0 Å². The SMILES string of the molecule is CCC1CCC(O)C(N(C)C(C)(C)CC)C1. The van der Waals surface area contributed by atoms with Crippen LogP contribution in [0.5, 0.6) is 0 Å². The van der Waals surface area contributed by atoms with Crippen LogP contribution >= 0.6 is 0 Å². The Hall–Kier alpha value is -0.0800. The molecule has 1 fully saturated rings. The molecular weight excluding hydrogens is 198 g/mol. The number of hydrogen-bond acceptors (Lipinski definition) is 2. The van der Waals surface area contributed by atoms with Crippen molar-refractivity contribution in [2.75, 3.05) is 7.05 Å². The molecule has 96 valence electrons. The summed E-state index contributed by atoms with van der Waals surface area (Å²) >= 11 is 0. The number of likely N-dealkylation sites (N-methyl/N-ethyl adjacent to an activating group) is 1. The summed E-state index contributed by atoms with van der Waals surface area (Å²) in [5.74, 6) is 0.809. The van der Waals surface area contributed by atoms with Gasteiger partial charge in [0.2, 0.25) is 0 Å². The van der Waals surface area contributed by atoms with E-state index in [9.17, 15) is 5.11 Å². The first-order valence-corrected chi connectivity index (χ1v) is 6.83. The van der Waals surface area contributed by atoms with Crippen LogP contribution in [0.25, 0.3) is 0 Å². The van der Waals surface area contributed by atoms with Gasteiger partial charge < -0.3 is 5.11 Å². The van der Waals surface area contributed by atoms with E-state index in [4.69, 9.17) is 0 Å². The van der Waals surface area contributed by atoms with Crippen molar-refractivity contribution in [1.82, 2.24) is 4.90 Å². The van der Waals surface area contributed by atoms with Gasteiger partial charge in [0.15, 0.2) is 0 Å². The highest BCUT2D eigenvalue weighted by atomic mass is 16.3. The Morgan fingerprint density at radius 1 is 1.25 bits per heavy atom. The highest BCUT2D eigenvalue weighted by Crippen LogP contribution is 2.33. The van der Waals surface area contributed by atoms with E-state index in [2.05, 4.69) is 39.6 Å². The third-order valence-corrected chi connectivity index (χ3v) is 4.78. The van der Waals surface area contributed by atoms with Crippen molar-refractivity contribution in [3.05, 3.63) is 0 Å². The van der Waals surface area contributed by atoms with Crippen molar-refractivity contribution in [2.24, 2.45) is 5.92 Å². The van der Waals surface area contributed by atoms with Crippen LogP contribution in [-0.4, -0.2) is 34.7 Å². The van der Waals surface area contributed by atoms with E-state index >= 15 is 0 Å². The fourth-order valence-corrected chi connectivity index (χ4v) is 2.70. The number of aliphatic hydroxyl groups excluding tert-OH is 1. The number of hydrogen-bond donors (Lipinski definition) is 1. The van der Waals surface area contributed by atoms with Crippen LogP contribution in [0, 0.1) is 5.92 Å². The van der Waals surface area contributed by atoms with Crippen LogP contribution in [0.1, 0.15) is 59.8 Å². The fraction of sp³-hybridized carbons (Fsp3) is 1.00. The van der Waals surface area contributed by atoms with Gasteiger partial charge in [0, 0.05) is 11.6 Å². The summed E-state index contributed by atoms with van der Waals surface area (Å²) < 4.78 is 0. The molecule has 2 heteroatoms. The van der Waals surface area contributed by atoms with E-state index in [0.717, 1.165) is 25.2 Å². The van der Waals surface area contributed by atoms with E-state index in [0.29, 0.717) is 6.04 Å². The van der Waals surface area contributed by atoms with Crippen LogP contribution < -0.4 is 0 Å². The molecule has 1 rings (SSSR count). The minimum absolute atomic E-state index is 0.126. The van der Waals surface area contributed by atoms with Gasteiger partial charge in [-0.2, -0.15) is 0 Å². The van der Waals surface area contributed by atoms with Crippen LogP contribution in [-0.2, 0) is 0 Å². The van der Waals surface area contributed by atoms with Gasteiger partial charge in [0.05, 0.1) is 6.10 Å². The van der Waals surface area contributed by atoms with Gasteiger partial charge in [-0.3, -0.25) is 4.90 Å². The molecule has 0 heterocycles. The molecule has 0 aromatic heterocycles. The molecule has 1 aliphatic rings. The van der Waals surface area contributed by atoms with Gasteiger partial charge >= 0.3 is 0 Å². The number of aliphatic hydroxyl groups is 1. The maximum absolute atomic E-state index is 10.2. The lowest BCUT2D eigenvalue weighted by atomic mass is 9.80. The van der Waals surface area contributed by atoms with E-state index in [1.54, 1.807) is 0 Å². The Balaban J connectivity index is 2.69. The highest BCUT2D eigenvalue weighted by Gasteiger charge is 2.36. The second-order valence-electron chi connectivity index (χ2n) is 6.00. The first-order valence-electron chi connectivity index (χ1n) is 6.83. The third kappa shape index (κ3) is 2.98. The summed E-state index contributed by atoms with van der Waals surface area (Å²) in [6.45, 7) is 9.04. The molecule has 0 bridgehead atoms. The van der Waals surface area contributed by atoms with Crippen LogP contribution in [0.15, 0.2) is 0 Å². The molecule has 1 saturated carbocycles. The van der Waals surface area contributed by atoms with Crippen molar-refractivity contribution in [2.45, 2.75) is 77.5 Å². The minimum atomic E-state index is -0.126. The topological polar surface area (TPSA) is 23.5 Å². The number of rotatable bonds is 4. The Bertz CT molecular complexity index is 215. The van der Waals surface area contributed by atoms with Gasteiger partial charge in [0.1, 0.15) is 0 Å². The predicted octanol–water partition coefficient (Wildman–Crippen LogP) is 3.05. The second-order valence-corrected chi connectivity index (χ2v) is 6.00. The Kier molecular flexibility index (Phi) is 4.81. The molecule has 0 amide bonds. The monoisotopic (exact) mass is 227 g/mol. The largest absolute Gasteiger partial charge is 0.391 e. The minimum Gasteiger partial charge on any atom is -0.391 e. The van der Waals surface area contributed by atoms with E-state index in [-0.39, 0.29) is 11.6 Å². The summed E-state index contributed by atoms with van der Waals surface area (Å²) in [6, 6.07) is 0.355. The molecule has 1 N–H and O–H groups in total. The van der Waals surface area contributed by atoms with E-state index < -0.39 is 0 Å². The summed E-state index contributed by atoms with van der Waals surface area (Å²) in [4.78, 5) is 2.40. The summed E-state index contributed by atoms with van der Waals surface area (Å²) in [7, 11) is 2.18. The Labute approximate surface area is 101 Å². The average Bonchev–Trinajstić information content (AvgIpc) is 2.29. The Morgan fingerprint density at radius 3 is 2.38 bits per heavy atom. The maximum atomic E-state index is 10.2. The van der Waals surface area contributed by atoms with Crippen molar-refractivity contribution in [3.8, 4) is 0 Å². The zero-order valence-corrected chi connectivity index (χ0v) is 11.7. The zero-order valence-electron chi connectivity index (χ0n) is 11.7. The van der Waals surface area contributed by atoms with Crippen molar-refractivity contribution in [1.29, 1.82) is 0 Å². The van der Waals surface area contributed by atoms with Gasteiger partial charge in [-0.05, 0) is 52.5 Å². The molecule has 0 aliphatic heterocycles. The molecule has 3 atom stereocenters. The quantitative estimate of drug-likeness (QED) is 0.798. The molecule has 0 spiro atoms.